The topological polar surface area (TPSA) is 79.1 Å². The molecular formula is C26H28FN4O3+. The van der Waals surface area contributed by atoms with E-state index in [1.54, 1.807) is 17.0 Å². The highest BCUT2D eigenvalue weighted by Crippen LogP contribution is 2.31. The number of amides is 2. The quantitative estimate of drug-likeness (QED) is 0.451. The number of H-pyrrole nitrogens is 1. The number of imide groups is 1. The summed E-state index contributed by atoms with van der Waals surface area (Å²) in [5.74, 6) is -1.28. The number of aryl methyl sites for hydroxylation is 3. The molecule has 2 amide bonds. The van der Waals surface area contributed by atoms with Gasteiger partial charge in [-0.1, -0.05) is 20.8 Å². The van der Waals surface area contributed by atoms with Crippen LogP contribution in [0.2, 0.25) is 0 Å². The van der Waals surface area contributed by atoms with Crippen molar-refractivity contribution in [1.82, 2.24) is 14.7 Å². The van der Waals surface area contributed by atoms with Crippen molar-refractivity contribution in [3.05, 3.63) is 81.3 Å². The van der Waals surface area contributed by atoms with E-state index in [9.17, 15) is 18.8 Å². The first-order valence-corrected chi connectivity index (χ1v) is 11.3. The zero-order chi connectivity index (χ0) is 24.7. The van der Waals surface area contributed by atoms with Crippen LogP contribution in [0.4, 0.5) is 4.39 Å². The number of hydrogen-bond acceptors (Lipinski definition) is 3. The van der Waals surface area contributed by atoms with Crippen molar-refractivity contribution in [2.24, 2.45) is 5.92 Å². The van der Waals surface area contributed by atoms with Crippen molar-refractivity contribution in [3.8, 4) is 5.69 Å². The average Bonchev–Trinajstić information content (AvgIpc) is 3.24. The molecule has 1 aliphatic heterocycles. The van der Waals surface area contributed by atoms with E-state index in [2.05, 4.69) is 5.10 Å². The number of carbonyl (C=O) groups excluding carboxylic acids is 2. The molecule has 3 heterocycles. The Morgan fingerprint density at radius 2 is 1.68 bits per heavy atom. The molecule has 0 aliphatic carbocycles. The minimum absolute atomic E-state index is 0.0611. The third-order valence-corrected chi connectivity index (χ3v) is 6.04. The monoisotopic (exact) mass is 463 g/mol. The summed E-state index contributed by atoms with van der Waals surface area (Å²) in [6.07, 6.45) is 3.96. The van der Waals surface area contributed by atoms with Gasteiger partial charge in [0, 0.05) is 23.9 Å². The molecule has 1 aromatic carbocycles. The Morgan fingerprint density at radius 3 is 2.26 bits per heavy atom. The molecule has 0 radical (unpaired) electrons. The lowest BCUT2D eigenvalue weighted by molar-refractivity contribution is -0.577. The van der Waals surface area contributed by atoms with Gasteiger partial charge in [-0.05, 0) is 56.0 Å². The summed E-state index contributed by atoms with van der Waals surface area (Å²) in [5, 5.41) is 3.05. The molecule has 0 spiro atoms. The molecule has 34 heavy (non-hydrogen) atoms. The molecule has 0 fully saturated rings. The van der Waals surface area contributed by atoms with Crippen molar-refractivity contribution in [2.75, 3.05) is 6.54 Å². The van der Waals surface area contributed by atoms with Gasteiger partial charge in [0.1, 0.15) is 11.4 Å². The number of halogens is 1. The van der Waals surface area contributed by atoms with E-state index in [-0.39, 0.29) is 29.3 Å². The highest BCUT2D eigenvalue weighted by Gasteiger charge is 2.47. The SMILES string of the molecule is CCc1[nH]n(-c2ccc(F)cc2)c(=O)c1C1=C([n+]2ccc(C)c(C)c2)C(=O)N(CC(C)C)C1=O. The molecule has 3 aromatic rings. The lowest BCUT2D eigenvalue weighted by Gasteiger charge is -2.16. The predicted molar refractivity (Wildman–Crippen MR) is 127 cm³/mol. The highest BCUT2D eigenvalue weighted by molar-refractivity contribution is 6.44. The maximum absolute atomic E-state index is 13.6. The summed E-state index contributed by atoms with van der Waals surface area (Å²) in [6.45, 7) is 9.85. The van der Waals surface area contributed by atoms with Gasteiger partial charge in [-0.2, -0.15) is 4.57 Å². The van der Waals surface area contributed by atoms with Crippen LogP contribution in [0.3, 0.4) is 0 Å². The molecule has 1 N–H and O–H groups in total. The fraction of sp³-hybridized carbons (Fsp3) is 0.308. The van der Waals surface area contributed by atoms with Gasteiger partial charge in [-0.25, -0.2) is 9.07 Å². The summed E-state index contributed by atoms with van der Waals surface area (Å²) >= 11 is 0. The normalized spacial score (nSPS) is 14.1. The van der Waals surface area contributed by atoms with Crippen LogP contribution in [0.1, 0.15) is 43.2 Å². The van der Waals surface area contributed by atoms with Gasteiger partial charge in [0.15, 0.2) is 12.4 Å². The number of rotatable bonds is 6. The molecule has 0 saturated heterocycles. The molecule has 0 atom stereocenters. The van der Waals surface area contributed by atoms with Crippen LogP contribution < -0.4 is 10.1 Å². The molecule has 176 valence electrons. The molecule has 0 bridgehead atoms. The standard InChI is InChI=1S/C26H27FN4O3/c1-6-20-21(25(33)31(28-20)19-9-7-18(27)8-10-19)22-23(29-12-11-16(4)17(5)14-29)26(34)30(24(22)32)13-15(2)3/h7-12,14-15H,6,13H2,1-5H3/p+1. The summed E-state index contributed by atoms with van der Waals surface area (Å²) in [4.78, 5) is 42.0. The summed E-state index contributed by atoms with van der Waals surface area (Å²) in [5.41, 5.74) is 2.89. The largest absolute Gasteiger partial charge is 0.326 e. The van der Waals surface area contributed by atoms with E-state index in [0.717, 1.165) is 11.1 Å². The van der Waals surface area contributed by atoms with Crippen molar-refractivity contribution in [2.45, 2.75) is 41.0 Å². The second-order valence-corrected chi connectivity index (χ2v) is 8.99. The average molecular weight is 464 g/mol. The van der Waals surface area contributed by atoms with Gasteiger partial charge in [0.2, 0.25) is 0 Å². The zero-order valence-corrected chi connectivity index (χ0v) is 20.0. The molecule has 7 nitrogen and oxygen atoms in total. The van der Waals surface area contributed by atoms with E-state index < -0.39 is 23.2 Å². The Morgan fingerprint density at radius 1 is 1.00 bits per heavy atom. The van der Waals surface area contributed by atoms with Crippen LogP contribution in [0.25, 0.3) is 17.0 Å². The number of nitrogens with zero attached hydrogens (tertiary/aromatic N) is 3. The van der Waals surface area contributed by atoms with Gasteiger partial charge in [0.05, 0.1) is 11.3 Å². The van der Waals surface area contributed by atoms with Crippen molar-refractivity contribution in [3.63, 3.8) is 0 Å². The Balaban J connectivity index is 2.00. The van der Waals surface area contributed by atoms with E-state index in [1.165, 1.54) is 33.8 Å². The summed E-state index contributed by atoms with van der Waals surface area (Å²) in [6, 6.07) is 7.36. The van der Waals surface area contributed by atoms with Crippen molar-refractivity contribution >= 4 is 23.1 Å². The second kappa shape index (κ2) is 8.85. The lowest BCUT2D eigenvalue weighted by atomic mass is 10.0. The van der Waals surface area contributed by atoms with E-state index >= 15 is 0 Å². The minimum Gasteiger partial charge on any atom is -0.294 e. The first-order chi connectivity index (χ1) is 16.1. The van der Waals surface area contributed by atoms with E-state index in [4.69, 9.17) is 0 Å². The predicted octanol–water partition coefficient (Wildman–Crippen LogP) is 3.16. The number of aromatic amines is 1. The Hall–Kier alpha value is -3.81. The van der Waals surface area contributed by atoms with Crippen molar-refractivity contribution < 1.29 is 18.5 Å². The Labute approximate surface area is 197 Å². The summed E-state index contributed by atoms with van der Waals surface area (Å²) in [7, 11) is 0. The van der Waals surface area contributed by atoms with Crippen molar-refractivity contribution in [1.29, 1.82) is 0 Å². The van der Waals surface area contributed by atoms with Crippen LogP contribution in [-0.2, 0) is 16.0 Å². The zero-order valence-electron chi connectivity index (χ0n) is 20.0. The van der Waals surface area contributed by atoms with Gasteiger partial charge in [-0.15, -0.1) is 0 Å². The molecular weight excluding hydrogens is 435 g/mol. The number of hydrogen-bond donors (Lipinski definition) is 1. The number of carbonyl (C=O) groups is 2. The molecule has 8 heteroatoms. The van der Waals surface area contributed by atoms with E-state index in [1.807, 2.05) is 40.7 Å². The highest BCUT2D eigenvalue weighted by atomic mass is 19.1. The third kappa shape index (κ3) is 3.89. The Bertz CT molecular complexity index is 1380. The number of benzene rings is 1. The first kappa shape index (κ1) is 23.4. The van der Waals surface area contributed by atoms with E-state index in [0.29, 0.717) is 17.8 Å². The maximum Gasteiger partial charge on any atom is 0.326 e. The smallest absolute Gasteiger partial charge is 0.294 e. The molecule has 0 unspecified atom stereocenters. The van der Waals surface area contributed by atoms with Gasteiger partial charge >= 0.3 is 5.91 Å². The second-order valence-electron chi connectivity index (χ2n) is 8.99. The molecule has 4 rings (SSSR count). The van der Waals surface area contributed by atoms with Gasteiger partial charge in [-0.3, -0.25) is 24.4 Å². The minimum atomic E-state index is -0.489. The lowest BCUT2D eigenvalue weighted by Crippen LogP contribution is -2.41. The fourth-order valence-corrected chi connectivity index (χ4v) is 4.14. The van der Waals surface area contributed by atoms with Gasteiger partial charge in [0.25, 0.3) is 17.2 Å². The van der Waals surface area contributed by atoms with Crippen LogP contribution in [-0.4, -0.2) is 33.0 Å². The molecule has 1 aliphatic rings. The van der Waals surface area contributed by atoms with Crippen LogP contribution in [0.5, 0.6) is 0 Å². The summed E-state index contributed by atoms with van der Waals surface area (Å²) < 4.78 is 16.4. The first-order valence-electron chi connectivity index (χ1n) is 11.3. The Kier molecular flexibility index (Phi) is 6.08. The van der Waals surface area contributed by atoms with Crippen LogP contribution in [0.15, 0.2) is 47.5 Å². The number of pyridine rings is 1. The fourth-order valence-electron chi connectivity index (χ4n) is 4.14. The number of aromatic nitrogens is 3. The van der Waals surface area contributed by atoms with Crippen LogP contribution in [0, 0.1) is 25.6 Å². The van der Waals surface area contributed by atoms with Crippen LogP contribution >= 0.6 is 0 Å². The van der Waals surface area contributed by atoms with Gasteiger partial charge < -0.3 is 0 Å². The molecule has 2 aromatic heterocycles. The maximum atomic E-state index is 13.6. The third-order valence-electron chi connectivity index (χ3n) is 6.04. The molecule has 0 saturated carbocycles. The number of nitrogens with one attached hydrogen (secondary N) is 1.